The first-order valence-corrected chi connectivity index (χ1v) is 11.7. The Morgan fingerprint density at radius 2 is 2.18 bits per heavy atom. The molecule has 0 aliphatic carbocycles. The van der Waals surface area contributed by atoms with Gasteiger partial charge in [0.05, 0.1) is 0 Å². The van der Waals surface area contributed by atoms with Gasteiger partial charge in [-0.25, -0.2) is 0 Å². The average molecular weight is 250 g/mol. The van der Waals surface area contributed by atoms with Crippen molar-refractivity contribution in [1.29, 1.82) is 0 Å². The van der Waals surface area contributed by atoms with E-state index in [0.29, 0.717) is 0 Å². The fourth-order valence-corrected chi connectivity index (χ4v) is 15.8. The SMILES string of the molecule is CC[Si]1CCC[Si](Br)(CC)C1. The van der Waals surface area contributed by atoms with Gasteiger partial charge >= 0.3 is 0 Å². The molecule has 11 heavy (non-hydrogen) atoms. The van der Waals surface area contributed by atoms with E-state index in [1.54, 1.807) is 17.8 Å². The average Bonchev–Trinajstić information content (AvgIpc) is 2.05. The first-order chi connectivity index (χ1) is 5.20. The predicted molar refractivity (Wildman–Crippen MR) is 60.4 cm³/mol. The van der Waals surface area contributed by atoms with E-state index in [2.05, 4.69) is 29.1 Å². The van der Waals surface area contributed by atoms with Crippen LogP contribution in [0.15, 0.2) is 0 Å². The number of hydrogen-bond donors (Lipinski definition) is 0. The molecule has 1 aliphatic rings. The minimum absolute atomic E-state index is 0.109. The molecular weight excluding hydrogens is 232 g/mol. The van der Waals surface area contributed by atoms with Crippen LogP contribution in [0.5, 0.6) is 0 Å². The molecule has 1 unspecified atom stereocenters. The van der Waals surface area contributed by atoms with Crippen LogP contribution in [0.1, 0.15) is 20.3 Å². The Kier molecular flexibility index (Phi) is 3.85. The Morgan fingerprint density at radius 1 is 1.45 bits per heavy atom. The molecule has 3 heteroatoms. The van der Waals surface area contributed by atoms with Crippen LogP contribution in [0, 0.1) is 0 Å². The molecule has 1 saturated heterocycles. The van der Waals surface area contributed by atoms with Crippen molar-refractivity contribution in [2.24, 2.45) is 0 Å². The lowest BCUT2D eigenvalue weighted by atomic mass is 10.6. The molecule has 65 valence electrons. The molecule has 1 heterocycles. The lowest BCUT2D eigenvalue weighted by Gasteiger charge is -2.32. The summed E-state index contributed by atoms with van der Waals surface area (Å²) in [5, 5.41) is 0. The molecule has 0 bridgehead atoms. The van der Waals surface area contributed by atoms with Gasteiger partial charge in [-0.05, 0) is 6.04 Å². The fourth-order valence-electron chi connectivity index (χ4n) is 1.88. The second-order valence-corrected chi connectivity index (χ2v) is 16.3. The third kappa shape index (κ3) is 2.70. The van der Waals surface area contributed by atoms with E-state index in [9.17, 15) is 0 Å². The molecule has 1 radical (unpaired) electrons. The zero-order valence-corrected chi connectivity index (χ0v) is 11.2. The van der Waals surface area contributed by atoms with Crippen LogP contribution in [0.3, 0.4) is 0 Å². The van der Waals surface area contributed by atoms with Gasteiger partial charge < -0.3 is 0 Å². The fraction of sp³-hybridized carbons (Fsp3) is 1.00. The molecule has 0 saturated carbocycles. The van der Waals surface area contributed by atoms with E-state index >= 15 is 0 Å². The molecule has 1 atom stereocenters. The maximum atomic E-state index is 4.04. The van der Waals surface area contributed by atoms with Crippen molar-refractivity contribution in [2.75, 3.05) is 0 Å². The summed E-state index contributed by atoms with van der Waals surface area (Å²) in [5.41, 5.74) is 1.64. The summed E-state index contributed by atoms with van der Waals surface area (Å²) in [5.74, 6) is 0. The third-order valence-electron chi connectivity index (χ3n) is 2.86. The Balaban J connectivity index is 2.44. The summed E-state index contributed by atoms with van der Waals surface area (Å²) in [4.78, 5) is 0. The monoisotopic (exact) mass is 249 g/mol. The van der Waals surface area contributed by atoms with Crippen LogP contribution in [-0.2, 0) is 0 Å². The zero-order chi connectivity index (χ0) is 8.32. The molecule has 0 nitrogen and oxygen atoms in total. The molecule has 0 amide bonds. The van der Waals surface area contributed by atoms with Gasteiger partial charge in [0.25, 0.3) is 0 Å². The summed E-state index contributed by atoms with van der Waals surface area (Å²) in [6.07, 6.45) is 1.54. The van der Waals surface area contributed by atoms with Crippen molar-refractivity contribution < 1.29 is 0 Å². The number of hydrogen-bond acceptors (Lipinski definition) is 0. The Bertz CT molecular complexity index is 129. The highest BCUT2D eigenvalue weighted by atomic mass is 79.9. The van der Waals surface area contributed by atoms with Crippen molar-refractivity contribution >= 4 is 30.8 Å². The van der Waals surface area contributed by atoms with Crippen molar-refractivity contribution in [1.82, 2.24) is 0 Å². The minimum Gasteiger partial charge on any atom is -0.127 e. The summed E-state index contributed by atoms with van der Waals surface area (Å²) >= 11 is 4.04. The van der Waals surface area contributed by atoms with E-state index in [1.165, 1.54) is 18.5 Å². The third-order valence-corrected chi connectivity index (χ3v) is 17.4. The number of rotatable bonds is 2. The summed E-state index contributed by atoms with van der Waals surface area (Å²) in [6, 6.07) is 6.12. The second kappa shape index (κ2) is 4.24. The molecule has 0 N–H and O–H groups in total. The number of halogens is 1. The Morgan fingerprint density at radius 3 is 2.73 bits per heavy atom. The second-order valence-electron chi connectivity index (χ2n) is 3.64. The van der Waals surface area contributed by atoms with Gasteiger partial charge in [-0.15, -0.1) is 15.3 Å². The van der Waals surface area contributed by atoms with Gasteiger partial charge in [0, 0.05) is 8.80 Å². The van der Waals surface area contributed by atoms with Crippen LogP contribution < -0.4 is 0 Å². The van der Waals surface area contributed by atoms with Crippen molar-refractivity contribution in [3.8, 4) is 0 Å². The van der Waals surface area contributed by atoms with Crippen LogP contribution in [0.25, 0.3) is 0 Å². The molecule has 0 spiro atoms. The molecular formula is C8H18BrSi2. The Labute approximate surface area is 81.0 Å². The van der Waals surface area contributed by atoms with E-state index in [4.69, 9.17) is 0 Å². The summed E-state index contributed by atoms with van der Waals surface area (Å²) in [7, 11) is 0.109. The molecule has 1 aliphatic heterocycles. The first kappa shape index (κ1) is 10.00. The van der Waals surface area contributed by atoms with Crippen LogP contribution in [-0.4, -0.2) is 15.5 Å². The van der Waals surface area contributed by atoms with Gasteiger partial charge in [-0.3, -0.25) is 0 Å². The van der Waals surface area contributed by atoms with E-state index in [0.717, 1.165) is 0 Å². The quantitative estimate of drug-likeness (QED) is 0.516. The van der Waals surface area contributed by atoms with Crippen LogP contribution in [0.4, 0.5) is 0 Å². The first-order valence-electron chi connectivity index (χ1n) is 4.72. The summed E-state index contributed by atoms with van der Waals surface area (Å²) < 4.78 is 0. The van der Waals surface area contributed by atoms with Crippen molar-refractivity contribution in [3.05, 3.63) is 0 Å². The molecule has 1 rings (SSSR count). The standard InChI is InChI=1S/C8H18BrSi2/c1-3-10-6-5-7-11(9,4-2)8-10/h3-8H2,1-2H3. The molecule has 1 fully saturated rings. The van der Waals surface area contributed by atoms with Gasteiger partial charge in [0.1, 0.15) is 6.69 Å². The predicted octanol–water partition coefficient (Wildman–Crippen LogP) is 3.80. The highest BCUT2D eigenvalue weighted by Gasteiger charge is 2.34. The maximum absolute atomic E-state index is 4.04. The summed E-state index contributed by atoms with van der Waals surface area (Å²) in [6.45, 7) is 3.93. The normalized spacial score (nSPS) is 34.1. The maximum Gasteiger partial charge on any atom is 0.127 e. The van der Waals surface area contributed by atoms with E-state index in [-0.39, 0.29) is 8.80 Å². The molecule has 0 aromatic heterocycles. The highest BCUT2D eigenvalue weighted by Crippen LogP contribution is 2.37. The lowest BCUT2D eigenvalue weighted by Crippen LogP contribution is -2.36. The molecule has 0 aromatic carbocycles. The lowest BCUT2D eigenvalue weighted by molar-refractivity contribution is 0.987. The van der Waals surface area contributed by atoms with Crippen LogP contribution in [0.2, 0.25) is 29.8 Å². The highest BCUT2D eigenvalue weighted by molar-refractivity contribution is 9.26. The van der Waals surface area contributed by atoms with Gasteiger partial charge in [-0.2, -0.15) is 0 Å². The topological polar surface area (TPSA) is 0 Å². The van der Waals surface area contributed by atoms with Crippen molar-refractivity contribution in [2.45, 2.75) is 50.1 Å². The van der Waals surface area contributed by atoms with Gasteiger partial charge in [-0.1, -0.05) is 44.1 Å². The van der Waals surface area contributed by atoms with Gasteiger partial charge in [0.2, 0.25) is 0 Å². The van der Waals surface area contributed by atoms with Gasteiger partial charge in [0.15, 0.2) is 0 Å². The van der Waals surface area contributed by atoms with Crippen LogP contribution >= 0.6 is 15.3 Å². The Hall–Kier alpha value is 0.914. The van der Waals surface area contributed by atoms with Crippen molar-refractivity contribution in [3.63, 3.8) is 0 Å². The smallest absolute Gasteiger partial charge is 0.127 e. The molecule has 0 aromatic rings. The minimum atomic E-state index is -0.837. The van der Waals surface area contributed by atoms with E-state index < -0.39 is 6.69 Å². The van der Waals surface area contributed by atoms with E-state index in [1.807, 2.05) is 0 Å². The largest absolute Gasteiger partial charge is 0.127 e. The zero-order valence-electron chi connectivity index (χ0n) is 7.62.